The summed E-state index contributed by atoms with van der Waals surface area (Å²) in [6.45, 7) is 0.610. The molecule has 0 saturated heterocycles. The molecular weight excluding hydrogens is 392 g/mol. The van der Waals surface area contributed by atoms with Crippen LogP contribution >= 0.6 is 11.6 Å². The second kappa shape index (κ2) is 8.67. The van der Waals surface area contributed by atoms with Gasteiger partial charge in [-0.15, -0.1) is 0 Å². The van der Waals surface area contributed by atoms with Crippen LogP contribution in [-0.4, -0.2) is 18.9 Å². The van der Waals surface area contributed by atoms with Crippen LogP contribution in [0.4, 0.5) is 0 Å². The number of hydrazone groups is 1. The predicted octanol–water partition coefficient (Wildman–Crippen LogP) is 4.41. The van der Waals surface area contributed by atoms with E-state index in [0.717, 1.165) is 16.9 Å². The summed E-state index contributed by atoms with van der Waals surface area (Å²) in [4.78, 5) is 12.2. The van der Waals surface area contributed by atoms with E-state index in [1.165, 1.54) is 0 Å². The molecule has 1 heterocycles. The van der Waals surface area contributed by atoms with Crippen molar-refractivity contribution in [2.45, 2.75) is 6.61 Å². The van der Waals surface area contributed by atoms with Gasteiger partial charge < -0.3 is 14.2 Å². The van der Waals surface area contributed by atoms with Crippen molar-refractivity contribution in [2.24, 2.45) is 5.10 Å². The molecule has 3 aromatic rings. The molecule has 3 aromatic carbocycles. The number of nitrogens with one attached hydrogen (secondary N) is 1. The fourth-order valence-electron chi connectivity index (χ4n) is 2.67. The summed E-state index contributed by atoms with van der Waals surface area (Å²) < 4.78 is 16.3. The number of carbonyl (C=O) groups excluding carboxylic acids is 1. The molecule has 0 saturated carbocycles. The fourth-order valence-corrected chi connectivity index (χ4v) is 2.80. The Balaban J connectivity index is 1.30. The van der Waals surface area contributed by atoms with E-state index in [2.05, 4.69) is 10.5 Å². The van der Waals surface area contributed by atoms with Gasteiger partial charge in [-0.05, 0) is 65.7 Å². The van der Waals surface area contributed by atoms with Crippen LogP contribution in [0.2, 0.25) is 5.02 Å². The largest absolute Gasteiger partial charge is 0.489 e. The third-order valence-corrected chi connectivity index (χ3v) is 4.46. The van der Waals surface area contributed by atoms with Gasteiger partial charge in [0.05, 0.1) is 6.21 Å². The fraction of sp³-hybridized carbons (Fsp3) is 0.0909. The molecule has 4 rings (SSSR count). The zero-order valence-electron chi connectivity index (χ0n) is 15.3. The third kappa shape index (κ3) is 4.86. The molecule has 0 fully saturated rings. The van der Waals surface area contributed by atoms with Crippen molar-refractivity contribution in [3.05, 3.63) is 88.4 Å². The first-order valence-electron chi connectivity index (χ1n) is 8.88. The predicted molar refractivity (Wildman–Crippen MR) is 110 cm³/mol. The van der Waals surface area contributed by atoms with E-state index in [1.54, 1.807) is 42.6 Å². The highest BCUT2D eigenvalue weighted by Crippen LogP contribution is 2.31. The normalized spacial score (nSPS) is 12.2. The number of ether oxygens (including phenoxy) is 3. The van der Waals surface area contributed by atoms with Crippen molar-refractivity contribution >= 4 is 23.7 Å². The van der Waals surface area contributed by atoms with Gasteiger partial charge >= 0.3 is 0 Å². The first kappa shape index (κ1) is 18.8. The molecule has 0 unspecified atom stereocenters. The summed E-state index contributed by atoms with van der Waals surface area (Å²) in [5.41, 5.74) is 4.76. The molecule has 7 heteroatoms. The first-order chi connectivity index (χ1) is 14.2. The highest BCUT2D eigenvalue weighted by atomic mass is 35.5. The van der Waals surface area contributed by atoms with Crippen molar-refractivity contribution in [3.63, 3.8) is 0 Å². The van der Waals surface area contributed by atoms with Gasteiger partial charge in [0.2, 0.25) is 6.79 Å². The van der Waals surface area contributed by atoms with E-state index in [9.17, 15) is 4.79 Å². The van der Waals surface area contributed by atoms with Crippen LogP contribution in [-0.2, 0) is 6.61 Å². The summed E-state index contributed by atoms with van der Waals surface area (Å²) in [5, 5.41) is 4.65. The van der Waals surface area contributed by atoms with Gasteiger partial charge in [-0.25, -0.2) is 5.43 Å². The maximum atomic E-state index is 12.2. The molecule has 1 aliphatic heterocycles. The van der Waals surface area contributed by atoms with E-state index in [-0.39, 0.29) is 12.7 Å². The molecule has 0 bridgehead atoms. The molecule has 146 valence electrons. The Morgan fingerprint density at radius 2 is 1.79 bits per heavy atom. The molecule has 0 atom stereocenters. The molecule has 6 nitrogen and oxygen atoms in total. The molecule has 0 aromatic heterocycles. The van der Waals surface area contributed by atoms with Gasteiger partial charge in [0.25, 0.3) is 5.91 Å². The van der Waals surface area contributed by atoms with E-state index < -0.39 is 0 Å². The summed E-state index contributed by atoms with van der Waals surface area (Å²) in [6, 6.07) is 19.7. The molecule has 0 spiro atoms. The number of carbonyl (C=O) groups is 1. The summed E-state index contributed by atoms with van der Waals surface area (Å²) in [5.74, 6) is 1.80. The highest BCUT2D eigenvalue weighted by Gasteiger charge is 2.12. The number of benzene rings is 3. The Hall–Kier alpha value is -3.51. The van der Waals surface area contributed by atoms with Gasteiger partial charge in [-0.1, -0.05) is 23.7 Å². The quantitative estimate of drug-likeness (QED) is 0.484. The van der Waals surface area contributed by atoms with Gasteiger partial charge in [0.15, 0.2) is 11.5 Å². The minimum absolute atomic E-state index is 0.216. The lowest BCUT2D eigenvalue weighted by molar-refractivity contribution is 0.0955. The Kier molecular flexibility index (Phi) is 5.63. The van der Waals surface area contributed by atoms with Gasteiger partial charge in [-0.2, -0.15) is 5.10 Å². The van der Waals surface area contributed by atoms with Gasteiger partial charge in [-0.3, -0.25) is 4.79 Å². The Bertz CT molecular complexity index is 1030. The lowest BCUT2D eigenvalue weighted by Crippen LogP contribution is -2.17. The molecule has 1 amide bonds. The average molecular weight is 409 g/mol. The van der Waals surface area contributed by atoms with Crippen LogP contribution < -0.4 is 19.6 Å². The molecule has 0 aliphatic carbocycles. The van der Waals surface area contributed by atoms with Crippen LogP contribution in [0.5, 0.6) is 17.2 Å². The minimum Gasteiger partial charge on any atom is -0.489 e. The first-order valence-corrected chi connectivity index (χ1v) is 9.25. The van der Waals surface area contributed by atoms with Crippen LogP contribution in [0, 0.1) is 0 Å². The lowest BCUT2D eigenvalue weighted by Gasteiger charge is -2.07. The Morgan fingerprint density at radius 1 is 1.03 bits per heavy atom. The summed E-state index contributed by atoms with van der Waals surface area (Å²) in [7, 11) is 0. The smallest absolute Gasteiger partial charge is 0.271 e. The van der Waals surface area contributed by atoms with E-state index in [0.29, 0.717) is 28.7 Å². The topological polar surface area (TPSA) is 69.2 Å². The summed E-state index contributed by atoms with van der Waals surface area (Å²) >= 11 is 5.86. The van der Waals surface area contributed by atoms with Crippen molar-refractivity contribution in [1.29, 1.82) is 0 Å². The maximum absolute atomic E-state index is 12.2. The molecule has 0 radical (unpaired) electrons. The average Bonchev–Trinajstić information content (AvgIpc) is 3.21. The number of amides is 1. The third-order valence-electron chi connectivity index (χ3n) is 4.21. The highest BCUT2D eigenvalue weighted by molar-refractivity contribution is 6.30. The monoisotopic (exact) mass is 408 g/mol. The van der Waals surface area contributed by atoms with Crippen LogP contribution in [0.3, 0.4) is 0 Å². The van der Waals surface area contributed by atoms with Crippen molar-refractivity contribution in [2.75, 3.05) is 6.79 Å². The minimum atomic E-state index is -0.299. The van der Waals surface area contributed by atoms with Crippen molar-refractivity contribution in [1.82, 2.24) is 5.43 Å². The maximum Gasteiger partial charge on any atom is 0.271 e. The van der Waals surface area contributed by atoms with Gasteiger partial charge in [0.1, 0.15) is 12.4 Å². The number of hydrogen-bond donors (Lipinski definition) is 1. The van der Waals surface area contributed by atoms with Crippen LogP contribution in [0.15, 0.2) is 71.8 Å². The zero-order chi connectivity index (χ0) is 20.1. The lowest BCUT2D eigenvalue weighted by atomic mass is 10.1. The van der Waals surface area contributed by atoms with Crippen molar-refractivity contribution < 1.29 is 19.0 Å². The number of rotatable bonds is 6. The standard InChI is InChI=1S/C22H17ClN2O4/c23-18-6-8-19(9-7-18)27-13-15-1-4-17(5-2-15)22(26)25-24-12-16-3-10-20-21(11-16)29-14-28-20/h1-12H,13-14H2,(H,25,26). The second-order valence-electron chi connectivity index (χ2n) is 6.25. The van der Waals surface area contributed by atoms with Gasteiger partial charge in [0, 0.05) is 10.6 Å². The van der Waals surface area contributed by atoms with E-state index in [1.807, 2.05) is 30.3 Å². The Labute approximate surface area is 172 Å². The number of halogens is 1. The molecule has 1 N–H and O–H groups in total. The zero-order valence-corrected chi connectivity index (χ0v) is 16.1. The number of hydrogen-bond acceptors (Lipinski definition) is 5. The van der Waals surface area contributed by atoms with E-state index >= 15 is 0 Å². The molecule has 1 aliphatic rings. The SMILES string of the molecule is O=C(NN=Cc1ccc2c(c1)OCO2)c1ccc(COc2ccc(Cl)cc2)cc1. The van der Waals surface area contributed by atoms with Crippen LogP contribution in [0.1, 0.15) is 21.5 Å². The van der Waals surface area contributed by atoms with Crippen LogP contribution in [0.25, 0.3) is 0 Å². The number of nitrogens with zero attached hydrogens (tertiary/aromatic N) is 1. The van der Waals surface area contributed by atoms with E-state index in [4.69, 9.17) is 25.8 Å². The molecular formula is C22H17ClN2O4. The van der Waals surface area contributed by atoms with Crippen molar-refractivity contribution in [3.8, 4) is 17.2 Å². The molecule has 29 heavy (non-hydrogen) atoms. The second-order valence-corrected chi connectivity index (χ2v) is 6.69. The Morgan fingerprint density at radius 3 is 2.59 bits per heavy atom. The number of fused-ring (bicyclic) bond motifs is 1. The summed E-state index contributed by atoms with van der Waals surface area (Å²) in [6.07, 6.45) is 1.55.